The van der Waals surface area contributed by atoms with Crippen LogP contribution in [0.2, 0.25) is 0 Å². The first-order chi connectivity index (χ1) is 13.5. The maximum Gasteiger partial charge on any atom is 0.338 e. The van der Waals surface area contributed by atoms with E-state index in [9.17, 15) is 9.59 Å². The first-order valence-corrected chi connectivity index (χ1v) is 9.34. The van der Waals surface area contributed by atoms with Crippen molar-refractivity contribution in [3.63, 3.8) is 0 Å². The molecule has 0 aliphatic carbocycles. The van der Waals surface area contributed by atoms with E-state index in [2.05, 4.69) is 12.2 Å². The molecule has 150 valence electrons. The monoisotopic (exact) mass is 385 g/mol. The second-order valence-corrected chi connectivity index (χ2v) is 6.26. The first kappa shape index (κ1) is 21.3. The van der Waals surface area contributed by atoms with Crippen LogP contribution in [0.15, 0.2) is 42.5 Å². The molecule has 6 nitrogen and oxygen atoms in total. The molecular weight excluding hydrogens is 358 g/mol. The van der Waals surface area contributed by atoms with Gasteiger partial charge in [0.15, 0.2) is 18.1 Å². The van der Waals surface area contributed by atoms with Gasteiger partial charge in [-0.3, -0.25) is 4.79 Å². The number of methoxy groups -OCH3 is 1. The lowest BCUT2D eigenvalue weighted by atomic mass is 10.1. The number of amides is 1. The van der Waals surface area contributed by atoms with Crippen LogP contribution in [0.1, 0.15) is 48.3 Å². The molecule has 0 bridgehead atoms. The van der Waals surface area contributed by atoms with E-state index in [1.54, 1.807) is 18.2 Å². The van der Waals surface area contributed by atoms with Crippen LogP contribution < -0.4 is 14.8 Å². The van der Waals surface area contributed by atoms with Gasteiger partial charge in [0.2, 0.25) is 0 Å². The van der Waals surface area contributed by atoms with Gasteiger partial charge in [0.05, 0.1) is 25.3 Å². The Bertz CT molecular complexity index is 801. The summed E-state index contributed by atoms with van der Waals surface area (Å²) in [6.07, 6.45) is 0.966. The van der Waals surface area contributed by atoms with Gasteiger partial charge in [-0.1, -0.05) is 31.2 Å². The molecule has 1 atom stereocenters. The molecule has 2 aromatic carbocycles. The Kier molecular flexibility index (Phi) is 7.87. The van der Waals surface area contributed by atoms with Crippen molar-refractivity contribution in [2.24, 2.45) is 0 Å². The molecule has 0 saturated carbocycles. The van der Waals surface area contributed by atoms with E-state index in [1.165, 1.54) is 12.7 Å². The minimum atomic E-state index is -0.598. The molecule has 0 aliphatic rings. The molecule has 0 aromatic heterocycles. The summed E-state index contributed by atoms with van der Waals surface area (Å²) in [5.41, 5.74) is 2.52. The molecule has 2 aromatic rings. The van der Waals surface area contributed by atoms with Gasteiger partial charge in [0.25, 0.3) is 5.91 Å². The number of rotatable bonds is 9. The Morgan fingerprint density at radius 1 is 1.04 bits per heavy atom. The fourth-order valence-corrected chi connectivity index (χ4v) is 2.69. The number of benzene rings is 2. The summed E-state index contributed by atoms with van der Waals surface area (Å²) in [6.45, 7) is 5.90. The molecule has 6 heteroatoms. The summed E-state index contributed by atoms with van der Waals surface area (Å²) in [6, 6.07) is 12.6. The first-order valence-electron chi connectivity index (χ1n) is 9.34. The molecular formula is C22H27NO5. The molecule has 1 N–H and O–H groups in total. The second-order valence-electron chi connectivity index (χ2n) is 6.26. The molecule has 28 heavy (non-hydrogen) atoms. The number of carbonyl (C=O) groups is 2. The van der Waals surface area contributed by atoms with Gasteiger partial charge in [0, 0.05) is 0 Å². The van der Waals surface area contributed by atoms with Crippen LogP contribution in [-0.2, 0) is 16.0 Å². The van der Waals surface area contributed by atoms with Gasteiger partial charge in [-0.15, -0.1) is 0 Å². The lowest BCUT2D eigenvalue weighted by molar-refractivity contribution is -0.124. The topological polar surface area (TPSA) is 73.9 Å². The van der Waals surface area contributed by atoms with E-state index in [1.807, 2.05) is 38.1 Å². The highest BCUT2D eigenvalue weighted by molar-refractivity contribution is 5.92. The molecule has 0 fully saturated rings. The van der Waals surface area contributed by atoms with E-state index < -0.39 is 5.97 Å². The van der Waals surface area contributed by atoms with Crippen molar-refractivity contribution in [3.05, 3.63) is 59.2 Å². The van der Waals surface area contributed by atoms with Crippen LogP contribution in [0.3, 0.4) is 0 Å². The third-order valence-corrected chi connectivity index (χ3v) is 4.30. The maximum atomic E-state index is 12.2. The van der Waals surface area contributed by atoms with Crippen molar-refractivity contribution in [2.75, 3.05) is 20.3 Å². The third-order valence-electron chi connectivity index (χ3n) is 4.30. The summed E-state index contributed by atoms with van der Waals surface area (Å²) in [4.78, 5) is 24.4. The van der Waals surface area contributed by atoms with Crippen LogP contribution in [0.4, 0.5) is 0 Å². The summed E-state index contributed by atoms with van der Waals surface area (Å²) < 4.78 is 15.8. The Hall–Kier alpha value is -3.02. The molecule has 0 unspecified atom stereocenters. The van der Waals surface area contributed by atoms with E-state index in [4.69, 9.17) is 14.2 Å². The zero-order chi connectivity index (χ0) is 20.5. The fourth-order valence-electron chi connectivity index (χ4n) is 2.69. The molecule has 1 amide bonds. The normalized spacial score (nSPS) is 11.4. The van der Waals surface area contributed by atoms with Crippen molar-refractivity contribution in [2.45, 2.75) is 33.2 Å². The van der Waals surface area contributed by atoms with Gasteiger partial charge in [-0.2, -0.15) is 0 Å². The minimum Gasteiger partial charge on any atom is -0.493 e. The van der Waals surface area contributed by atoms with Crippen LogP contribution in [0.25, 0.3) is 0 Å². The Balaban J connectivity index is 1.90. The lowest BCUT2D eigenvalue weighted by Gasteiger charge is -2.15. The molecule has 2 rings (SSSR count). The lowest BCUT2D eigenvalue weighted by Crippen LogP contribution is -2.31. The average molecular weight is 385 g/mol. The van der Waals surface area contributed by atoms with Crippen molar-refractivity contribution >= 4 is 11.9 Å². The van der Waals surface area contributed by atoms with Crippen molar-refractivity contribution in [1.82, 2.24) is 5.32 Å². The van der Waals surface area contributed by atoms with E-state index in [-0.39, 0.29) is 18.6 Å². The standard InChI is InChI=1S/C22H27NO5/c1-5-16-7-9-17(10-8-16)15(3)23-21(24)14-28-22(25)18-11-12-19(26-4)20(13-18)27-6-2/h7-13,15H,5-6,14H2,1-4H3,(H,23,24)/t15-/m0/s1. The smallest absolute Gasteiger partial charge is 0.338 e. The van der Waals surface area contributed by atoms with E-state index >= 15 is 0 Å². The summed E-state index contributed by atoms with van der Waals surface area (Å²) in [5, 5.41) is 2.83. The molecule has 0 saturated heterocycles. The van der Waals surface area contributed by atoms with Crippen molar-refractivity contribution in [1.29, 1.82) is 0 Å². The number of esters is 1. The quantitative estimate of drug-likeness (QED) is 0.667. The highest BCUT2D eigenvalue weighted by Gasteiger charge is 2.15. The molecule has 0 aliphatic heterocycles. The summed E-state index contributed by atoms with van der Waals surface area (Å²) in [7, 11) is 1.52. The number of carbonyl (C=O) groups excluding carboxylic acids is 2. The third kappa shape index (κ3) is 5.74. The van der Waals surface area contributed by atoms with E-state index in [0.717, 1.165) is 12.0 Å². The largest absolute Gasteiger partial charge is 0.493 e. The number of nitrogens with one attached hydrogen (secondary N) is 1. The minimum absolute atomic E-state index is 0.178. The Morgan fingerprint density at radius 2 is 1.75 bits per heavy atom. The van der Waals surface area contributed by atoms with Crippen molar-refractivity contribution < 1.29 is 23.8 Å². The van der Waals surface area contributed by atoms with E-state index in [0.29, 0.717) is 23.7 Å². The van der Waals surface area contributed by atoms with Crippen LogP contribution in [0.5, 0.6) is 11.5 Å². The SMILES string of the molecule is CCOc1cc(C(=O)OCC(=O)N[C@@H](C)c2ccc(CC)cc2)ccc1OC. The molecule has 0 heterocycles. The van der Waals surface area contributed by atoms with Crippen molar-refractivity contribution in [3.8, 4) is 11.5 Å². The number of ether oxygens (including phenoxy) is 3. The van der Waals surface area contributed by atoms with Crippen LogP contribution in [-0.4, -0.2) is 32.2 Å². The van der Waals surface area contributed by atoms with Crippen LogP contribution >= 0.6 is 0 Å². The van der Waals surface area contributed by atoms with Gasteiger partial charge < -0.3 is 19.5 Å². The zero-order valence-corrected chi connectivity index (χ0v) is 16.8. The second kappa shape index (κ2) is 10.3. The summed E-state index contributed by atoms with van der Waals surface area (Å²) >= 11 is 0. The molecule has 0 radical (unpaired) electrons. The highest BCUT2D eigenvalue weighted by Crippen LogP contribution is 2.28. The number of hydrogen-bond donors (Lipinski definition) is 1. The van der Waals surface area contributed by atoms with Gasteiger partial charge in [0.1, 0.15) is 0 Å². The van der Waals surface area contributed by atoms with Gasteiger partial charge >= 0.3 is 5.97 Å². The number of aryl methyl sites for hydroxylation is 1. The average Bonchev–Trinajstić information content (AvgIpc) is 2.72. The van der Waals surface area contributed by atoms with Gasteiger partial charge in [-0.25, -0.2) is 4.79 Å². The summed E-state index contributed by atoms with van der Waals surface area (Å²) in [5.74, 6) is 0.0183. The predicted molar refractivity (Wildman–Crippen MR) is 107 cm³/mol. The number of hydrogen-bond acceptors (Lipinski definition) is 5. The zero-order valence-electron chi connectivity index (χ0n) is 16.8. The maximum absolute atomic E-state index is 12.2. The van der Waals surface area contributed by atoms with Gasteiger partial charge in [-0.05, 0) is 49.6 Å². The predicted octanol–water partition coefficient (Wildman–Crippen LogP) is 3.69. The fraction of sp³-hybridized carbons (Fsp3) is 0.364. The van der Waals surface area contributed by atoms with Crippen LogP contribution in [0, 0.1) is 0 Å². The highest BCUT2D eigenvalue weighted by atomic mass is 16.5. The Labute approximate surface area is 165 Å². The Morgan fingerprint density at radius 3 is 2.36 bits per heavy atom. The molecule has 0 spiro atoms.